The molecule has 0 aliphatic carbocycles. The van der Waals surface area contributed by atoms with E-state index in [2.05, 4.69) is 5.32 Å². The van der Waals surface area contributed by atoms with Gasteiger partial charge in [-0.3, -0.25) is 19.2 Å². The van der Waals surface area contributed by atoms with Crippen LogP contribution in [0.5, 0.6) is 5.75 Å². The van der Waals surface area contributed by atoms with Gasteiger partial charge in [-0.1, -0.05) is 36.4 Å². The lowest BCUT2D eigenvalue weighted by molar-refractivity contribution is -0.137. The Kier molecular flexibility index (Phi) is 8.03. The molecular formula is C28H33N3O5. The van der Waals surface area contributed by atoms with Crippen molar-refractivity contribution in [2.45, 2.75) is 39.2 Å². The van der Waals surface area contributed by atoms with Crippen LogP contribution in [0.25, 0.3) is 0 Å². The average Bonchev–Trinajstić information content (AvgIpc) is 3.28. The molecule has 3 amide bonds. The maximum atomic E-state index is 13.2. The zero-order valence-corrected chi connectivity index (χ0v) is 20.8. The van der Waals surface area contributed by atoms with E-state index >= 15 is 0 Å². The van der Waals surface area contributed by atoms with Crippen LogP contribution < -0.4 is 10.1 Å². The molecule has 2 fully saturated rings. The number of nitrogens with one attached hydrogen (secondary N) is 1. The minimum absolute atomic E-state index is 0.0278. The zero-order chi connectivity index (χ0) is 25.7. The number of hydrogen-bond donors (Lipinski definition) is 1. The van der Waals surface area contributed by atoms with Crippen molar-refractivity contribution in [2.75, 3.05) is 26.2 Å². The molecular weight excluding hydrogens is 458 g/mol. The molecule has 190 valence electrons. The number of likely N-dealkylation sites (tertiary alicyclic amines) is 2. The Bertz CT molecular complexity index is 1110. The summed E-state index contributed by atoms with van der Waals surface area (Å²) < 4.78 is 5.04. The molecule has 36 heavy (non-hydrogen) atoms. The van der Waals surface area contributed by atoms with E-state index in [0.29, 0.717) is 37.5 Å². The lowest BCUT2D eigenvalue weighted by Gasteiger charge is -2.33. The molecule has 8 nitrogen and oxygen atoms in total. The van der Waals surface area contributed by atoms with Gasteiger partial charge in [0.2, 0.25) is 11.8 Å². The number of carbonyl (C=O) groups excluding carboxylic acids is 4. The highest BCUT2D eigenvalue weighted by molar-refractivity contribution is 5.94. The molecule has 2 unspecified atom stereocenters. The largest absolute Gasteiger partial charge is 0.427 e. The molecule has 0 saturated carbocycles. The molecule has 2 aliphatic heterocycles. The maximum absolute atomic E-state index is 13.2. The van der Waals surface area contributed by atoms with Crippen molar-refractivity contribution in [3.63, 3.8) is 0 Å². The molecule has 0 radical (unpaired) electrons. The maximum Gasteiger partial charge on any atom is 0.308 e. The topological polar surface area (TPSA) is 96.0 Å². The summed E-state index contributed by atoms with van der Waals surface area (Å²) >= 11 is 0. The van der Waals surface area contributed by atoms with E-state index in [0.717, 1.165) is 18.4 Å². The number of hydrogen-bond acceptors (Lipinski definition) is 5. The molecule has 2 atom stereocenters. The number of amides is 3. The molecule has 2 aromatic rings. The van der Waals surface area contributed by atoms with Gasteiger partial charge in [-0.05, 0) is 49.4 Å². The van der Waals surface area contributed by atoms with Crippen LogP contribution in [0.4, 0.5) is 0 Å². The first kappa shape index (κ1) is 25.4. The van der Waals surface area contributed by atoms with E-state index in [1.165, 1.54) is 6.92 Å². The smallest absolute Gasteiger partial charge is 0.308 e. The van der Waals surface area contributed by atoms with E-state index in [-0.39, 0.29) is 42.0 Å². The molecule has 1 N–H and O–H groups in total. The molecule has 2 aliphatic rings. The van der Waals surface area contributed by atoms with Crippen molar-refractivity contribution in [3.8, 4) is 5.75 Å². The standard InChI is InChI=1S/C28H33N3O5/c1-19(22-7-4-3-5-8-22)31-18-24(16-26(31)33)28(35)30-13-11-21(12-14-30)17-29-27(34)23-9-6-10-25(15-23)36-20(2)32/h3-10,15,19,21,24H,11-14,16-18H2,1-2H3,(H,29,34). The Balaban J connectivity index is 1.24. The fourth-order valence-electron chi connectivity index (χ4n) is 5.00. The summed E-state index contributed by atoms with van der Waals surface area (Å²) in [6, 6.07) is 16.4. The van der Waals surface area contributed by atoms with Crippen LogP contribution in [0.2, 0.25) is 0 Å². The first-order valence-electron chi connectivity index (χ1n) is 12.5. The van der Waals surface area contributed by atoms with Crippen LogP contribution in [0.3, 0.4) is 0 Å². The normalized spacial score (nSPS) is 19.2. The summed E-state index contributed by atoms with van der Waals surface area (Å²) in [5, 5.41) is 2.95. The molecule has 0 aromatic heterocycles. The second kappa shape index (κ2) is 11.4. The van der Waals surface area contributed by atoms with Crippen LogP contribution in [-0.2, 0) is 14.4 Å². The number of carbonyl (C=O) groups is 4. The Morgan fingerprint density at radius 3 is 2.47 bits per heavy atom. The highest BCUT2D eigenvalue weighted by atomic mass is 16.5. The second-order valence-corrected chi connectivity index (χ2v) is 9.63. The van der Waals surface area contributed by atoms with Crippen molar-refractivity contribution < 1.29 is 23.9 Å². The van der Waals surface area contributed by atoms with E-state index in [9.17, 15) is 19.2 Å². The number of esters is 1. The van der Waals surface area contributed by atoms with Gasteiger partial charge in [0.25, 0.3) is 5.91 Å². The molecule has 2 aromatic carbocycles. The number of benzene rings is 2. The predicted octanol–water partition coefficient (Wildman–Crippen LogP) is 3.19. The fourth-order valence-corrected chi connectivity index (χ4v) is 5.00. The van der Waals surface area contributed by atoms with Gasteiger partial charge >= 0.3 is 5.97 Å². The van der Waals surface area contributed by atoms with Gasteiger partial charge in [0, 0.05) is 45.1 Å². The average molecular weight is 492 g/mol. The first-order chi connectivity index (χ1) is 17.3. The number of piperidine rings is 1. The van der Waals surface area contributed by atoms with Crippen molar-refractivity contribution in [2.24, 2.45) is 11.8 Å². The fraction of sp³-hybridized carbons (Fsp3) is 0.429. The lowest BCUT2D eigenvalue weighted by atomic mass is 9.95. The van der Waals surface area contributed by atoms with Crippen LogP contribution >= 0.6 is 0 Å². The molecule has 0 spiro atoms. The van der Waals surface area contributed by atoms with Gasteiger partial charge in [0.15, 0.2) is 0 Å². The summed E-state index contributed by atoms with van der Waals surface area (Å²) in [7, 11) is 0. The van der Waals surface area contributed by atoms with Gasteiger partial charge in [0.05, 0.1) is 12.0 Å². The number of nitrogens with zero attached hydrogens (tertiary/aromatic N) is 2. The summed E-state index contributed by atoms with van der Waals surface area (Å²) in [6.07, 6.45) is 1.85. The quantitative estimate of drug-likeness (QED) is 0.474. The second-order valence-electron chi connectivity index (χ2n) is 9.63. The number of ether oxygens (including phenoxy) is 1. The van der Waals surface area contributed by atoms with E-state index in [1.807, 2.05) is 47.1 Å². The van der Waals surface area contributed by atoms with Gasteiger partial charge in [-0.15, -0.1) is 0 Å². The Hall–Kier alpha value is -3.68. The lowest BCUT2D eigenvalue weighted by Crippen LogP contribution is -2.44. The SMILES string of the molecule is CC(=O)Oc1cccc(C(=O)NCC2CCN(C(=O)C3CC(=O)N(C(C)c4ccccc4)C3)CC2)c1. The van der Waals surface area contributed by atoms with Crippen molar-refractivity contribution >= 4 is 23.7 Å². The first-order valence-corrected chi connectivity index (χ1v) is 12.5. The van der Waals surface area contributed by atoms with Crippen molar-refractivity contribution in [1.82, 2.24) is 15.1 Å². The summed E-state index contributed by atoms with van der Waals surface area (Å²) in [4.78, 5) is 53.2. The van der Waals surface area contributed by atoms with E-state index < -0.39 is 5.97 Å². The highest BCUT2D eigenvalue weighted by Crippen LogP contribution is 2.30. The van der Waals surface area contributed by atoms with Crippen LogP contribution in [-0.4, -0.2) is 59.7 Å². The summed E-state index contributed by atoms with van der Waals surface area (Å²) in [5.41, 5.74) is 1.50. The highest BCUT2D eigenvalue weighted by Gasteiger charge is 2.39. The zero-order valence-electron chi connectivity index (χ0n) is 20.8. The summed E-state index contributed by atoms with van der Waals surface area (Å²) in [5.74, 6) is -0.271. The number of rotatable bonds is 7. The predicted molar refractivity (Wildman–Crippen MR) is 134 cm³/mol. The molecule has 2 saturated heterocycles. The van der Waals surface area contributed by atoms with Gasteiger partial charge in [-0.2, -0.15) is 0 Å². The molecule has 2 heterocycles. The third kappa shape index (κ3) is 6.11. The Morgan fingerprint density at radius 2 is 1.78 bits per heavy atom. The van der Waals surface area contributed by atoms with Crippen molar-refractivity contribution in [1.29, 1.82) is 0 Å². The van der Waals surface area contributed by atoms with E-state index in [1.54, 1.807) is 24.3 Å². The van der Waals surface area contributed by atoms with Gasteiger partial charge in [0.1, 0.15) is 5.75 Å². The van der Waals surface area contributed by atoms with Crippen LogP contribution in [0, 0.1) is 11.8 Å². The Labute approximate surface area is 211 Å². The van der Waals surface area contributed by atoms with Gasteiger partial charge in [-0.25, -0.2) is 0 Å². The molecule has 8 heteroatoms. The third-order valence-corrected chi connectivity index (χ3v) is 7.09. The minimum atomic E-state index is -0.436. The molecule has 0 bridgehead atoms. The Morgan fingerprint density at radius 1 is 1.06 bits per heavy atom. The van der Waals surface area contributed by atoms with E-state index in [4.69, 9.17) is 4.74 Å². The minimum Gasteiger partial charge on any atom is -0.427 e. The third-order valence-electron chi connectivity index (χ3n) is 7.09. The monoisotopic (exact) mass is 491 g/mol. The van der Waals surface area contributed by atoms with Crippen LogP contribution in [0.1, 0.15) is 55.1 Å². The molecule has 4 rings (SSSR count). The van der Waals surface area contributed by atoms with Crippen molar-refractivity contribution in [3.05, 3.63) is 65.7 Å². The summed E-state index contributed by atoms with van der Waals surface area (Å²) in [6.45, 7) is 5.54. The van der Waals surface area contributed by atoms with Crippen LogP contribution in [0.15, 0.2) is 54.6 Å². The van der Waals surface area contributed by atoms with Gasteiger partial charge < -0.3 is 19.9 Å².